The van der Waals surface area contributed by atoms with Gasteiger partial charge in [-0.05, 0) is 22.6 Å². The van der Waals surface area contributed by atoms with Crippen molar-refractivity contribution in [3.63, 3.8) is 0 Å². The van der Waals surface area contributed by atoms with Gasteiger partial charge in [0.1, 0.15) is 5.52 Å². The Morgan fingerprint density at radius 3 is 2.42 bits per heavy atom. The van der Waals surface area contributed by atoms with E-state index >= 15 is 0 Å². The van der Waals surface area contributed by atoms with Crippen LogP contribution in [-0.2, 0) is 20.6 Å². The van der Waals surface area contributed by atoms with Gasteiger partial charge >= 0.3 is 5.69 Å². The Morgan fingerprint density at radius 2 is 1.73 bits per heavy atom. The summed E-state index contributed by atoms with van der Waals surface area (Å²) in [6, 6.07) is 16.4. The molecule has 0 fully saturated rings. The van der Waals surface area contributed by atoms with Crippen LogP contribution in [0.1, 0.15) is 30.9 Å². The zero-order chi connectivity index (χ0) is 23.1. The second kappa shape index (κ2) is 8.16. The van der Waals surface area contributed by atoms with Gasteiger partial charge in [-0.15, -0.1) is 0 Å². The Hall–Kier alpha value is -4.00. The molecule has 7 nitrogen and oxygen atoms in total. The van der Waals surface area contributed by atoms with E-state index in [2.05, 4.69) is 42.0 Å². The largest absolute Gasteiger partial charge is 0.334 e. The van der Waals surface area contributed by atoms with Crippen LogP contribution < -0.4 is 5.69 Å². The van der Waals surface area contributed by atoms with Crippen LogP contribution >= 0.6 is 0 Å². The molecule has 0 saturated carbocycles. The number of nitrogens with zero attached hydrogens (tertiary/aromatic N) is 6. The molecule has 0 N–H and O–H groups in total. The molecule has 0 saturated heterocycles. The molecule has 0 spiro atoms. The molecule has 5 rings (SSSR count). The molecule has 0 bridgehead atoms. The Kier molecular flexibility index (Phi) is 5.17. The van der Waals surface area contributed by atoms with Crippen LogP contribution in [0.2, 0.25) is 0 Å². The second-order valence-electron chi connectivity index (χ2n) is 8.66. The lowest BCUT2D eigenvalue weighted by Gasteiger charge is -2.11. The van der Waals surface area contributed by atoms with Crippen LogP contribution in [0.3, 0.4) is 0 Å². The van der Waals surface area contributed by atoms with Crippen molar-refractivity contribution in [1.82, 2.24) is 28.7 Å². The summed E-state index contributed by atoms with van der Waals surface area (Å²) < 4.78 is 5.31. The summed E-state index contributed by atoms with van der Waals surface area (Å²) in [5.74, 6) is 0.981. The van der Waals surface area contributed by atoms with Gasteiger partial charge in [0.25, 0.3) is 0 Å². The van der Waals surface area contributed by atoms with E-state index in [0.29, 0.717) is 23.9 Å². The molecule has 0 aliphatic heterocycles. The summed E-state index contributed by atoms with van der Waals surface area (Å²) in [7, 11) is 3.73. The average molecular weight is 439 g/mol. The van der Waals surface area contributed by atoms with E-state index in [0.717, 1.165) is 27.9 Å². The number of hydrogen-bond donors (Lipinski definition) is 0. The van der Waals surface area contributed by atoms with E-state index in [-0.39, 0.29) is 5.69 Å². The molecule has 7 heteroatoms. The number of aromatic nitrogens is 6. The Morgan fingerprint density at radius 1 is 0.970 bits per heavy atom. The lowest BCUT2D eigenvalue weighted by atomic mass is 9.97. The van der Waals surface area contributed by atoms with Gasteiger partial charge in [0, 0.05) is 19.7 Å². The maximum atomic E-state index is 13.1. The van der Waals surface area contributed by atoms with Crippen LogP contribution in [0.5, 0.6) is 0 Å². The highest BCUT2D eigenvalue weighted by Crippen LogP contribution is 2.27. The first kappa shape index (κ1) is 20.9. The highest BCUT2D eigenvalue weighted by molar-refractivity contribution is 5.74. The lowest BCUT2D eigenvalue weighted by molar-refractivity contribution is 0.731. The normalized spacial score (nSPS) is 11.5. The monoisotopic (exact) mass is 438 g/mol. The molecule has 5 aromatic rings. The van der Waals surface area contributed by atoms with Crippen molar-refractivity contribution >= 4 is 11.2 Å². The highest BCUT2D eigenvalue weighted by Gasteiger charge is 2.17. The topological polar surface area (TPSA) is 70.5 Å². The minimum atomic E-state index is -0.107. The van der Waals surface area contributed by atoms with Crippen molar-refractivity contribution in [2.24, 2.45) is 14.1 Å². The van der Waals surface area contributed by atoms with Crippen molar-refractivity contribution in [3.05, 3.63) is 88.9 Å². The van der Waals surface area contributed by atoms with Crippen LogP contribution in [-0.4, -0.2) is 28.7 Å². The predicted molar refractivity (Wildman–Crippen MR) is 130 cm³/mol. The fourth-order valence-electron chi connectivity index (χ4n) is 4.25. The van der Waals surface area contributed by atoms with Crippen molar-refractivity contribution in [2.45, 2.75) is 26.3 Å². The third-order valence-corrected chi connectivity index (χ3v) is 6.12. The Balaban J connectivity index is 1.56. The summed E-state index contributed by atoms with van der Waals surface area (Å²) >= 11 is 0. The molecule has 2 aromatic carbocycles. The number of hydrogen-bond acceptors (Lipinski definition) is 4. The van der Waals surface area contributed by atoms with Gasteiger partial charge in [-0.3, -0.25) is 9.13 Å². The van der Waals surface area contributed by atoms with Gasteiger partial charge in [-0.1, -0.05) is 62.4 Å². The maximum absolute atomic E-state index is 13.1. The van der Waals surface area contributed by atoms with E-state index in [4.69, 9.17) is 4.98 Å². The Labute approximate surface area is 192 Å². The van der Waals surface area contributed by atoms with Crippen LogP contribution in [0.4, 0.5) is 0 Å². The number of fused-ring (bicyclic) bond motifs is 1. The molecule has 33 heavy (non-hydrogen) atoms. The fraction of sp³-hybridized carbons (Fsp3) is 0.231. The van der Waals surface area contributed by atoms with Crippen molar-refractivity contribution in [3.8, 4) is 22.6 Å². The number of benzene rings is 2. The van der Waals surface area contributed by atoms with Gasteiger partial charge in [0.05, 0.1) is 31.0 Å². The van der Waals surface area contributed by atoms with E-state index < -0.39 is 0 Å². The second-order valence-corrected chi connectivity index (χ2v) is 8.66. The highest BCUT2D eigenvalue weighted by atomic mass is 16.1. The number of rotatable bonds is 5. The molecule has 0 aliphatic rings. The molecule has 3 heterocycles. The fourth-order valence-corrected chi connectivity index (χ4v) is 4.25. The van der Waals surface area contributed by atoms with E-state index in [1.807, 2.05) is 48.1 Å². The summed E-state index contributed by atoms with van der Waals surface area (Å²) in [6.45, 7) is 4.75. The number of aryl methyl sites for hydroxylation is 2. The summed E-state index contributed by atoms with van der Waals surface area (Å²) in [5.41, 5.74) is 6.59. The minimum absolute atomic E-state index is 0.107. The van der Waals surface area contributed by atoms with Gasteiger partial charge in [0.2, 0.25) is 0 Å². The van der Waals surface area contributed by atoms with Gasteiger partial charge in [-0.25, -0.2) is 19.7 Å². The minimum Gasteiger partial charge on any atom is -0.334 e. The maximum Gasteiger partial charge on any atom is 0.330 e. The smallest absolute Gasteiger partial charge is 0.330 e. The summed E-state index contributed by atoms with van der Waals surface area (Å²) in [6.07, 6.45) is 5.38. The van der Waals surface area contributed by atoms with Crippen molar-refractivity contribution in [2.75, 3.05) is 0 Å². The van der Waals surface area contributed by atoms with Gasteiger partial charge in [0.15, 0.2) is 11.5 Å². The Bertz CT molecular complexity index is 1500. The zero-order valence-electron chi connectivity index (χ0n) is 19.2. The lowest BCUT2D eigenvalue weighted by Crippen LogP contribution is -2.22. The SMILES string of the molecule is CC(C)c1ccccc1-c1ncc2c(n1)n(Cc1ccc(-c3cncn3C)cc1)c(=O)n2C. The van der Waals surface area contributed by atoms with Gasteiger partial charge in [-0.2, -0.15) is 0 Å². The molecule has 0 unspecified atom stereocenters. The van der Waals surface area contributed by atoms with E-state index in [9.17, 15) is 4.79 Å². The third kappa shape index (κ3) is 3.65. The molecule has 0 aliphatic carbocycles. The zero-order valence-corrected chi connectivity index (χ0v) is 19.2. The molecular formula is C26H26N6O. The summed E-state index contributed by atoms with van der Waals surface area (Å²) in [4.78, 5) is 26.7. The van der Waals surface area contributed by atoms with Crippen LogP contribution in [0.15, 0.2) is 72.0 Å². The molecule has 3 aromatic heterocycles. The first-order chi connectivity index (χ1) is 15.9. The van der Waals surface area contributed by atoms with Crippen molar-refractivity contribution in [1.29, 1.82) is 0 Å². The third-order valence-electron chi connectivity index (χ3n) is 6.12. The van der Waals surface area contributed by atoms with Crippen molar-refractivity contribution < 1.29 is 0 Å². The standard InChI is InChI=1S/C26H26N6O/c1-17(2)20-7-5-6-8-21(20)24-28-14-23-25(29-24)32(26(33)31(23)4)15-18-9-11-19(12-10-18)22-13-27-16-30(22)3/h5-14,16-17H,15H2,1-4H3. The molecule has 0 atom stereocenters. The first-order valence-electron chi connectivity index (χ1n) is 11.0. The molecule has 0 radical (unpaired) electrons. The van der Waals surface area contributed by atoms with E-state index in [1.54, 1.807) is 28.7 Å². The number of imidazole rings is 2. The quantitative estimate of drug-likeness (QED) is 0.409. The van der Waals surface area contributed by atoms with Crippen LogP contribution in [0, 0.1) is 0 Å². The predicted octanol–water partition coefficient (Wildman–Crippen LogP) is 4.37. The average Bonchev–Trinajstić information content (AvgIpc) is 3.36. The van der Waals surface area contributed by atoms with Gasteiger partial charge < -0.3 is 4.57 Å². The molecular weight excluding hydrogens is 412 g/mol. The molecule has 166 valence electrons. The summed E-state index contributed by atoms with van der Waals surface area (Å²) in [5, 5.41) is 0. The first-order valence-corrected chi connectivity index (χ1v) is 11.0. The molecule has 0 amide bonds. The van der Waals surface area contributed by atoms with Crippen LogP contribution in [0.25, 0.3) is 33.8 Å². The van der Waals surface area contributed by atoms with E-state index in [1.165, 1.54) is 5.56 Å².